The molecule has 1 aromatic carbocycles. The Labute approximate surface area is 177 Å². The van der Waals surface area contributed by atoms with Gasteiger partial charge in [-0.25, -0.2) is 4.98 Å². The molecule has 4 rings (SSSR count). The number of hydrogen-bond donors (Lipinski definition) is 0. The highest BCUT2D eigenvalue weighted by atomic mass is 16.2. The van der Waals surface area contributed by atoms with E-state index in [1.807, 2.05) is 46.9 Å². The zero-order valence-corrected chi connectivity index (χ0v) is 18.0. The Kier molecular flexibility index (Phi) is 5.28. The van der Waals surface area contributed by atoms with Gasteiger partial charge in [0.2, 0.25) is 0 Å². The van der Waals surface area contributed by atoms with Gasteiger partial charge < -0.3 is 9.80 Å². The van der Waals surface area contributed by atoms with E-state index in [1.54, 1.807) is 6.20 Å². The summed E-state index contributed by atoms with van der Waals surface area (Å²) in [6.07, 6.45) is 3.62. The van der Waals surface area contributed by atoms with Crippen molar-refractivity contribution in [2.45, 2.75) is 33.1 Å². The molecule has 0 radical (unpaired) electrons. The van der Waals surface area contributed by atoms with Crippen molar-refractivity contribution in [3.05, 3.63) is 65.7 Å². The standard InChI is InChI=1S/C23H28N6O/c1-17-24-11-12-29(17)21-10-9-20(25-26-21)27-13-15-28(16-14-27)22(30)18-5-7-19(8-6-18)23(2,3)4/h5-12H,13-16H2,1-4H3. The average Bonchev–Trinajstić information content (AvgIpc) is 3.19. The first-order valence-electron chi connectivity index (χ1n) is 10.3. The molecule has 0 N–H and O–H groups in total. The number of benzene rings is 1. The number of piperazine rings is 1. The van der Waals surface area contributed by atoms with Crippen LogP contribution in [0, 0.1) is 6.92 Å². The van der Waals surface area contributed by atoms with Crippen LogP contribution in [0.25, 0.3) is 5.82 Å². The lowest BCUT2D eigenvalue weighted by atomic mass is 9.86. The Morgan fingerprint density at radius 3 is 2.07 bits per heavy atom. The van der Waals surface area contributed by atoms with Gasteiger partial charge in [-0.3, -0.25) is 9.36 Å². The number of carbonyl (C=O) groups excluding carboxylic acids is 1. The number of hydrogen-bond acceptors (Lipinski definition) is 5. The first-order valence-corrected chi connectivity index (χ1v) is 10.3. The van der Waals surface area contributed by atoms with Crippen LogP contribution in [0.1, 0.15) is 42.5 Å². The van der Waals surface area contributed by atoms with E-state index in [2.05, 4.69) is 53.0 Å². The number of amides is 1. The highest BCUT2D eigenvalue weighted by molar-refractivity contribution is 5.94. The van der Waals surface area contributed by atoms with E-state index in [9.17, 15) is 4.79 Å². The van der Waals surface area contributed by atoms with Crippen LogP contribution in [-0.4, -0.2) is 56.7 Å². The Balaban J connectivity index is 1.38. The van der Waals surface area contributed by atoms with Gasteiger partial charge in [-0.05, 0) is 42.2 Å². The highest BCUT2D eigenvalue weighted by Gasteiger charge is 2.23. The Hall–Kier alpha value is -3.22. The number of aromatic nitrogens is 4. The van der Waals surface area contributed by atoms with Crippen molar-refractivity contribution in [3.8, 4) is 5.82 Å². The number of nitrogens with zero attached hydrogens (tertiary/aromatic N) is 6. The fourth-order valence-electron chi connectivity index (χ4n) is 3.67. The molecular weight excluding hydrogens is 376 g/mol. The monoisotopic (exact) mass is 404 g/mol. The summed E-state index contributed by atoms with van der Waals surface area (Å²) >= 11 is 0. The van der Waals surface area contributed by atoms with Crippen molar-refractivity contribution >= 4 is 11.7 Å². The van der Waals surface area contributed by atoms with Gasteiger partial charge in [-0.15, -0.1) is 10.2 Å². The van der Waals surface area contributed by atoms with Gasteiger partial charge in [0.05, 0.1) is 0 Å². The minimum atomic E-state index is 0.0837. The molecule has 1 fully saturated rings. The van der Waals surface area contributed by atoms with Gasteiger partial charge in [-0.2, -0.15) is 0 Å². The molecule has 3 aromatic rings. The zero-order valence-electron chi connectivity index (χ0n) is 18.0. The lowest BCUT2D eigenvalue weighted by Gasteiger charge is -2.35. The average molecular weight is 405 g/mol. The van der Waals surface area contributed by atoms with Crippen LogP contribution in [0.5, 0.6) is 0 Å². The van der Waals surface area contributed by atoms with Crippen LogP contribution in [0.2, 0.25) is 0 Å². The van der Waals surface area contributed by atoms with E-state index in [-0.39, 0.29) is 11.3 Å². The predicted octanol–water partition coefficient (Wildman–Crippen LogP) is 3.23. The third kappa shape index (κ3) is 4.06. The number of imidazole rings is 1. The van der Waals surface area contributed by atoms with Gasteiger partial charge in [0, 0.05) is 44.1 Å². The maximum atomic E-state index is 12.9. The normalized spacial score (nSPS) is 14.8. The molecular formula is C23H28N6O. The minimum Gasteiger partial charge on any atom is -0.352 e. The number of carbonyl (C=O) groups is 1. The Morgan fingerprint density at radius 2 is 1.53 bits per heavy atom. The largest absolute Gasteiger partial charge is 0.352 e. The van der Waals surface area contributed by atoms with E-state index < -0.39 is 0 Å². The molecule has 1 aliphatic heterocycles. The van der Waals surface area contributed by atoms with Crippen LogP contribution in [0.3, 0.4) is 0 Å². The van der Waals surface area contributed by atoms with Crippen LogP contribution >= 0.6 is 0 Å². The fraction of sp³-hybridized carbons (Fsp3) is 0.391. The lowest BCUT2D eigenvalue weighted by molar-refractivity contribution is 0.0746. The molecule has 0 spiro atoms. The van der Waals surface area contributed by atoms with Crippen molar-refractivity contribution < 1.29 is 4.79 Å². The van der Waals surface area contributed by atoms with Gasteiger partial charge in [0.1, 0.15) is 5.82 Å². The number of anilines is 1. The Bertz CT molecular complexity index is 1010. The summed E-state index contributed by atoms with van der Waals surface area (Å²) in [6.45, 7) is 11.3. The fourth-order valence-corrected chi connectivity index (χ4v) is 3.67. The first-order chi connectivity index (χ1) is 14.3. The molecule has 1 amide bonds. The lowest BCUT2D eigenvalue weighted by Crippen LogP contribution is -2.49. The predicted molar refractivity (Wildman–Crippen MR) is 117 cm³/mol. The minimum absolute atomic E-state index is 0.0837. The highest BCUT2D eigenvalue weighted by Crippen LogP contribution is 2.23. The molecule has 3 heterocycles. The van der Waals surface area contributed by atoms with Crippen molar-refractivity contribution in [3.63, 3.8) is 0 Å². The van der Waals surface area contributed by atoms with Crippen LogP contribution in [-0.2, 0) is 5.41 Å². The summed E-state index contributed by atoms with van der Waals surface area (Å²) in [6, 6.07) is 11.9. The van der Waals surface area contributed by atoms with Crippen molar-refractivity contribution in [1.29, 1.82) is 0 Å². The van der Waals surface area contributed by atoms with Crippen LogP contribution < -0.4 is 4.90 Å². The van der Waals surface area contributed by atoms with Gasteiger partial charge in [0.25, 0.3) is 5.91 Å². The second-order valence-electron chi connectivity index (χ2n) is 8.70. The summed E-state index contributed by atoms with van der Waals surface area (Å²) in [5, 5.41) is 8.72. The summed E-state index contributed by atoms with van der Waals surface area (Å²) < 4.78 is 1.90. The van der Waals surface area contributed by atoms with Crippen molar-refractivity contribution in [2.75, 3.05) is 31.1 Å². The molecule has 0 atom stereocenters. The van der Waals surface area contributed by atoms with Gasteiger partial charge in [-0.1, -0.05) is 32.9 Å². The number of rotatable bonds is 3. The first kappa shape index (κ1) is 20.1. The van der Waals surface area contributed by atoms with Crippen LogP contribution in [0.4, 0.5) is 5.82 Å². The summed E-state index contributed by atoms with van der Waals surface area (Å²) in [4.78, 5) is 21.2. The van der Waals surface area contributed by atoms with Crippen molar-refractivity contribution in [1.82, 2.24) is 24.6 Å². The maximum absolute atomic E-state index is 12.9. The molecule has 7 heteroatoms. The van der Waals surface area contributed by atoms with E-state index in [4.69, 9.17) is 0 Å². The topological polar surface area (TPSA) is 67.2 Å². The molecule has 156 valence electrons. The molecule has 0 unspecified atom stereocenters. The maximum Gasteiger partial charge on any atom is 0.253 e. The molecule has 2 aromatic heterocycles. The van der Waals surface area contributed by atoms with Crippen LogP contribution in [0.15, 0.2) is 48.8 Å². The molecule has 0 aliphatic carbocycles. The second kappa shape index (κ2) is 7.89. The van der Waals surface area contributed by atoms with E-state index in [0.29, 0.717) is 13.1 Å². The summed E-state index contributed by atoms with van der Waals surface area (Å²) in [5.41, 5.74) is 2.06. The van der Waals surface area contributed by atoms with Gasteiger partial charge >= 0.3 is 0 Å². The van der Waals surface area contributed by atoms with Crippen molar-refractivity contribution in [2.24, 2.45) is 0 Å². The smallest absolute Gasteiger partial charge is 0.253 e. The van der Waals surface area contributed by atoms with E-state index in [0.717, 1.165) is 36.1 Å². The molecule has 1 aliphatic rings. The third-order valence-electron chi connectivity index (χ3n) is 5.60. The van der Waals surface area contributed by atoms with E-state index in [1.165, 1.54) is 5.56 Å². The summed E-state index contributed by atoms with van der Waals surface area (Å²) in [5.74, 6) is 2.55. The second-order valence-corrected chi connectivity index (χ2v) is 8.70. The van der Waals surface area contributed by atoms with Gasteiger partial charge in [0.15, 0.2) is 11.6 Å². The molecule has 7 nitrogen and oxygen atoms in total. The quantitative estimate of drug-likeness (QED) is 0.670. The summed E-state index contributed by atoms with van der Waals surface area (Å²) in [7, 11) is 0. The van der Waals surface area contributed by atoms with E-state index >= 15 is 0 Å². The third-order valence-corrected chi connectivity index (χ3v) is 5.60. The molecule has 0 bridgehead atoms. The SMILES string of the molecule is Cc1nccn1-c1ccc(N2CCN(C(=O)c3ccc(C(C)(C)C)cc3)CC2)nn1. The zero-order chi connectivity index (χ0) is 21.3. The molecule has 30 heavy (non-hydrogen) atoms. The Morgan fingerprint density at radius 1 is 0.900 bits per heavy atom. The molecule has 1 saturated heterocycles. The molecule has 0 saturated carbocycles. The number of aryl methyl sites for hydroxylation is 1.